The van der Waals surface area contributed by atoms with Gasteiger partial charge in [-0.3, -0.25) is 4.79 Å². The molecule has 1 aromatic carbocycles. The number of hydrogen-bond donors (Lipinski definition) is 1. The molecule has 3 rings (SSSR count). The van der Waals surface area contributed by atoms with Gasteiger partial charge in [0.15, 0.2) is 23.3 Å². The van der Waals surface area contributed by atoms with E-state index in [0.29, 0.717) is 12.8 Å². The Morgan fingerprint density at radius 2 is 1.39 bits per heavy atom. The second-order valence-electron chi connectivity index (χ2n) is 10.8. The van der Waals surface area contributed by atoms with E-state index in [1.54, 1.807) is 6.92 Å². The first-order valence-electron chi connectivity index (χ1n) is 10.3. The summed E-state index contributed by atoms with van der Waals surface area (Å²) in [6.45, 7) is 11.0. The predicted molar refractivity (Wildman–Crippen MR) is 104 cm³/mol. The Balaban J connectivity index is 2.35. The number of carbonyl (C=O) groups excluding carboxylic acids is 1. The van der Waals surface area contributed by atoms with Crippen molar-refractivity contribution in [2.75, 3.05) is 0 Å². The van der Waals surface area contributed by atoms with Crippen molar-refractivity contribution in [2.24, 2.45) is 16.7 Å². The quantitative estimate of drug-likeness (QED) is 0.284. The number of ether oxygens (including phenoxy) is 1. The van der Waals surface area contributed by atoms with Crippen molar-refractivity contribution in [3.63, 3.8) is 0 Å². The van der Waals surface area contributed by atoms with Crippen LogP contribution in [0.4, 0.5) is 22.0 Å². The first kappa shape index (κ1) is 24.0. The molecule has 3 nitrogen and oxygen atoms in total. The maximum Gasteiger partial charge on any atom is 0.318 e. The van der Waals surface area contributed by atoms with Crippen molar-refractivity contribution in [1.82, 2.24) is 0 Å². The fraction of sp³-hybridized carbons (Fsp3) is 0.696. The Labute approximate surface area is 179 Å². The standard InChI is InChI=1S/C23H29F5O3/c1-19(2)11-8-9-22(19,7)23(10-11,18(29)31-21(5,6)20(3,4)30)12-13(24)15(26)17(28)16(27)14(12)25/h11,30H,8-10H2,1-7H3/t11-,22-,23+/m0/s1. The van der Waals surface area contributed by atoms with E-state index in [1.165, 1.54) is 27.7 Å². The zero-order valence-corrected chi connectivity index (χ0v) is 18.9. The lowest BCUT2D eigenvalue weighted by atomic mass is 9.55. The van der Waals surface area contributed by atoms with Gasteiger partial charge in [-0.2, -0.15) is 0 Å². The summed E-state index contributed by atoms with van der Waals surface area (Å²) < 4.78 is 78.0. The van der Waals surface area contributed by atoms with E-state index < -0.39 is 68.1 Å². The summed E-state index contributed by atoms with van der Waals surface area (Å²) in [7, 11) is 0. The summed E-state index contributed by atoms with van der Waals surface area (Å²) >= 11 is 0. The number of fused-ring (bicyclic) bond motifs is 2. The Kier molecular flexibility index (Phi) is 5.14. The minimum absolute atomic E-state index is 0.115. The summed E-state index contributed by atoms with van der Waals surface area (Å²) in [5, 5.41) is 10.4. The van der Waals surface area contributed by atoms with Gasteiger partial charge in [0.2, 0.25) is 5.82 Å². The van der Waals surface area contributed by atoms with Crippen LogP contribution >= 0.6 is 0 Å². The molecule has 2 saturated carbocycles. The summed E-state index contributed by atoms with van der Waals surface area (Å²) in [5.74, 6) is -11.8. The highest BCUT2D eigenvalue weighted by molar-refractivity contribution is 5.86. The molecule has 0 unspecified atom stereocenters. The molecule has 0 saturated heterocycles. The van der Waals surface area contributed by atoms with Gasteiger partial charge in [0.05, 0.1) is 5.60 Å². The van der Waals surface area contributed by atoms with Crippen LogP contribution in [0, 0.1) is 45.8 Å². The molecule has 31 heavy (non-hydrogen) atoms. The Bertz CT molecular complexity index is 921. The van der Waals surface area contributed by atoms with Gasteiger partial charge in [-0.15, -0.1) is 0 Å². The van der Waals surface area contributed by atoms with E-state index in [-0.39, 0.29) is 12.3 Å². The van der Waals surface area contributed by atoms with Crippen molar-refractivity contribution < 1.29 is 36.6 Å². The number of esters is 1. The summed E-state index contributed by atoms with van der Waals surface area (Å²) in [5.41, 5.74) is -8.05. The van der Waals surface area contributed by atoms with Gasteiger partial charge in [0, 0.05) is 5.56 Å². The molecule has 2 aliphatic rings. The number of aliphatic hydroxyl groups is 1. The van der Waals surface area contributed by atoms with Gasteiger partial charge in [-0.05, 0) is 63.7 Å². The fourth-order valence-corrected chi connectivity index (χ4v) is 5.52. The second kappa shape index (κ2) is 6.65. The monoisotopic (exact) mass is 448 g/mol. The van der Waals surface area contributed by atoms with Crippen LogP contribution in [0.2, 0.25) is 0 Å². The molecule has 3 atom stereocenters. The van der Waals surface area contributed by atoms with Crippen LogP contribution in [-0.2, 0) is 14.9 Å². The molecule has 0 aromatic heterocycles. The largest absolute Gasteiger partial charge is 0.456 e. The lowest BCUT2D eigenvalue weighted by Gasteiger charge is -2.49. The van der Waals surface area contributed by atoms with E-state index in [9.17, 15) is 23.1 Å². The third kappa shape index (κ3) is 2.82. The SMILES string of the molecule is CC(C)(O)C(C)(C)OC(=O)[C@]1(c2c(F)c(F)c(F)c(F)c2F)C[C@@H]2CC[C@@]1(C)C2(C)C. The van der Waals surface area contributed by atoms with Gasteiger partial charge in [0.25, 0.3) is 0 Å². The van der Waals surface area contributed by atoms with Crippen LogP contribution in [0.25, 0.3) is 0 Å². The topological polar surface area (TPSA) is 46.5 Å². The summed E-state index contributed by atoms with van der Waals surface area (Å²) in [6.07, 6.45) is 0.890. The Morgan fingerprint density at radius 3 is 1.74 bits per heavy atom. The molecular formula is C23H29F5O3. The molecule has 2 fully saturated rings. The van der Waals surface area contributed by atoms with E-state index >= 15 is 8.78 Å². The molecular weight excluding hydrogens is 419 g/mol. The van der Waals surface area contributed by atoms with E-state index in [0.717, 1.165) is 0 Å². The molecule has 2 bridgehead atoms. The van der Waals surface area contributed by atoms with Crippen molar-refractivity contribution >= 4 is 5.97 Å². The average molecular weight is 448 g/mol. The van der Waals surface area contributed by atoms with E-state index in [1.807, 2.05) is 13.8 Å². The maximum atomic E-state index is 15.1. The van der Waals surface area contributed by atoms with Gasteiger partial charge in [0.1, 0.15) is 11.0 Å². The lowest BCUT2D eigenvalue weighted by molar-refractivity contribution is -0.193. The van der Waals surface area contributed by atoms with Crippen molar-refractivity contribution in [1.29, 1.82) is 0 Å². The first-order chi connectivity index (χ1) is 13.9. The molecule has 0 heterocycles. The second-order valence-corrected chi connectivity index (χ2v) is 10.8. The first-order valence-corrected chi connectivity index (χ1v) is 10.3. The fourth-order valence-electron chi connectivity index (χ4n) is 5.52. The van der Waals surface area contributed by atoms with Crippen LogP contribution < -0.4 is 0 Å². The van der Waals surface area contributed by atoms with Crippen LogP contribution in [0.5, 0.6) is 0 Å². The molecule has 0 aliphatic heterocycles. The number of carbonyl (C=O) groups is 1. The molecule has 2 aliphatic carbocycles. The molecule has 0 amide bonds. The van der Waals surface area contributed by atoms with Crippen LogP contribution in [0.3, 0.4) is 0 Å². The zero-order chi connectivity index (χ0) is 23.9. The highest BCUT2D eigenvalue weighted by Gasteiger charge is 2.74. The van der Waals surface area contributed by atoms with Gasteiger partial charge >= 0.3 is 5.97 Å². The third-order valence-corrected chi connectivity index (χ3v) is 8.74. The van der Waals surface area contributed by atoms with Gasteiger partial charge in [-0.1, -0.05) is 20.8 Å². The number of rotatable bonds is 4. The highest BCUT2D eigenvalue weighted by Crippen LogP contribution is 2.74. The van der Waals surface area contributed by atoms with Crippen molar-refractivity contribution in [3.8, 4) is 0 Å². The molecule has 0 spiro atoms. The number of halogens is 5. The third-order valence-electron chi connectivity index (χ3n) is 8.74. The predicted octanol–water partition coefficient (Wildman–Crippen LogP) is 5.56. The molecule has 1 aromatic rings. The van der Waals surface area contributed by atoms with Gasteiger partial charge in [-0.25, -0.2) is 22.0 Å². The average Bonchev–Trinajstić information content (AvgIpc) is 2.96. The minimum Gasteiger partial charge on any atom is -0.456 e. The van der Waals surface area contributed by atoms with E-state index in [2.05, 4.69) is 0 Å². The van der Waals surface area contributed by atoms with Crippen LogP contribution in [-0.4, -0.2) is 22.3 Å². The number of benzene rings is 1. The smallest absolute Gasteiger partial charge is 0.318 e. The molecule has 8 heteroatoms. The Morgan fingerprint density at radius 1 is 0.935 bits per heavy atom. The maximum absolute atomic E-state index is 15.1. The van der Waals surface area contributed by atoms with Crippen LogP contribution in [0.1, 0.15) is 73.3 Å². The minimum atomic E-state index is -2.27. The normalized spacial score (nSPS) is 30.0. The molecule has 174 valence electrons. The zero-order valence-electron chi connectivity index (χ0n) is 18.9. The molecule has 0 radical (unpaired) electrons. The highest BCUT2D eigenvalue weighted by atomic mass is 19.2. The van der Waals surface area contributed by atoms with Crippen molar-refractivity contribution in [2.45, 2.75) is 84.3 Å². The van der Waals surface area contributed by atoms with Crippen molar-refractivity contribution in [3.05, 3.63) is 34.6 Å². The van der Waals surface area contributed by atoms with E-state index in [4.69, 9.17) is 4.74 Å². The lowest BCUT2D eigenvalue weighted by Crippen LogP contribution is -2.57. The number of hydrogen-bond acceptors (Lipinski definition) is 3. The summed E-state index contributed by atoms with van der Waals surface area (Å²) in [6, 6.07) is 0. The Hall–Kier alpha value is -1.70. The van der Waals surface area contributed by atoms with Crippen LogP contribution in [0.15, 0.2) is 0 Å². The molecule has 1 N–H and O–H groups in total. The van der Waals surface area contributed by atoms with Gasteiger partial charge < -0.3 is 9.84 Å². The summed E-state index contributed by atoms with van der Waals surface area (Å²) in [4.78, 5) is 13.7.